The molecule has 128 valence electrons. The van der Waals surface area contributed by atoms with Gasteiger partial charge in [0.05, 0.1) is 23.9 Å². The van der Waals surface area contributed by atoms with E-state index in [1.54, 1.807) is 0 Å². The molecule has 0 radical (unpaired) electrons. The number of hydrogen-bond acceptors (Lipinski definition) is 4. The molecule has 1 aromatic carbocycles. The summed E-state index contributed by atoms with van der Waals surface area (Å²) in [5.41, 5.74) is 3.80. The Bertz CT molecular complexity index is 776. The lowest BCUT2D eigenvalue weighted by molar-refractivity contribution is 0.244. The highest BCUT2D eigenvalue weighted by Crippen LogP contribution is 2.16. The summed E-state index contributed by atoms with van der Waals surface area (Å²) in [5, 5.41) is 0. The summed E-state index contributed by atoms with van der Waals surface area (Å²) in [4.78, 5) is 13.5. The molecule has 1 fully saturated rings. The first-order valence-electron chi connectivity index (χ1n) is 8.79. The van der Waals surface area contributed by atoms with Gasteiger partial charge in [-0.05, 0) is 17.7 Å². The molecule has 3 aromatic rings. The summed E-state index contributed by atoms with van der Waals surface area (Å²) in [5.74, 6) is 0. The van der Waals surface area contributed by atoms with Gasteiger partial charge in [-0.1, -0.05) is 30.3 Å². The first kappa shape index (κ1) is 15.8. The van der Waals surface area contributed by atoms with Gasteiger partial charge < -0.3 is 9.47 Å². The molecular formula is C20H23N5. The lowest BCUT2D eigenvalue weighted by Crippen LogP contribution is -2.46. The van der Waals surface area contributed by atoms with Crippen molar-refractivity contribution in [2.45, 2.75) is 13.1 Å². The van der Waals surface area contributed by atoms with Crippen molar-refractivity contribution in [3.05, 3.63) is 78.6 Å². The van der Waals surface area contributed by atoms with Gasteiger partial charge in [0.1, 0.15) is 0 Å². The molecular weight excluding hydrogens is 310 g/mol. The lowest BCUT2D eigenvalue weighted by atomic mass is 10.2. The van der Waals surface area contributed by atoms with Crippen molar-refractivity contribution in [3.63, 3.8) is 0 Å². The fourth-order valence-corrected chi connectivity index (χ4v) is 3.34. The largest absolute Gasteiger partial charge is 0.368 e. The number of pyridine rings is 1. The van der Waals surface area contributed by atoms with Gasteiger partial charge in [0.2, 0.25) is 0 Å². The molecule has 5 heteroatoms. The van der Waals surface area contributed by atoms with Gasteiger partial charge in [0.25, 0.3) is 0 Å². The van der Waals surface area contributed by atoms with E-state index in [0.717, 1.165) is 39.3 Å². The highest BCUT2D eigenvalue weighted by Gasteiger charge is 2.18. The molecule has 0 N–H and O–H groups in total. The Kier molecular flexibility index (Phi) is 4.74. The summed E-state index contributed by atoms with van der Waals surface area (Å²) in [6.07, 6.45) is 7.71. The van der Waals surface area contributed by atoms with Crippen LogP contribution in [0, 0.1) is 0 Å². The van der Waals surface area contributed by atoms with Gasteiger partial charge in [-0.15, -0.1) is 0 Å². The second kappa shape index (κ2) is 7.49. The third kappa shape index (κ3) is 3.88. The molecule has 0 saturated carbocycles. The van der Waals surface area contributed by atoms with E-state index in [-0.39, 0.29) is 0 Å². The average molecular weight is 333 g/mol. The quantitative estimate of drug-likeness (QED) is 0.719. The van der Waals surface area contributed by atoms with Crippen molar-refractivity contribution in [1.82, 2.24) is 19.4 Å². The van der Waals surface area contributed by atoms with Crippen molar-refractivity contribution in [2.24, 2.45) is 0 Å². The Labute approximate surface area is 148 Å². The fraction of sp³-hybridized carbons (Fsp3) is 0.300. The number of nitrogens with zero attached hydrogens (tertiary/aromatic N) is 5. The first-order valence-corrected chi connectivity index (χ1v) is 8.79. The zero-order valence-electron chi connectivity index (χ0n) is 14.3. The molecule has 1 aliphatic rings. The maximum atomic E-state index is 4.36. The summed E-state index contributed by atoms with van der Waals surface area (Å²) in [6, 6.07) is 14.7. The van der Waals surface area contributed by atoms with Gasteiger partial charge in [-0.2, -0.15) is 0 Å². The SMILES string of the molecule is c1ccc(Cn2cncc2CN2CCN(c3cccnc3)CC2)cc1. The van der Waals surface area contributed by atoms with Crippen LogP contribution in [0.3, 0.4) is 0 Å². The van der Waals surface area contributed by atoms with Crippen LogP contribution < -0.4 is 4.90 Å². The minimum Gasteiger partial charge on any atom is -0.368 e. The van der Waals surface area contributed by atoms with Gasteiger partial charge in [-0.25, -0.2) is 4.98 Å². The molecule has 0 atom stereocenters. The summed E-state index contributed by atoms with van der Waals surface area (Å²) < 4.78 is 2.25. The van der Waals surface area contributed by atoms with Gasteiger partial charge in [0, 0.05) is 51.7 Å². The Balaban J connectivity index is 1.36. The predicted molar refractivity (Wildman–Crippen MR) is 99.5 cm³/mol. The van der Waals surface area contributed by atoms with E-state index >= 15 is 0 Å². The Morgan fingerprint density at radius 2 is 1.64 bits per heavy atom. The minimum atomic E-state index is 0.881. The van der Waals surface area contributed by atoms with E-state index in [1.807, 2.05) is 31.0 Å². The van der Waals surface area contributed by atoms with Crippen LogP contribution >= 0.6 is 0 Å². The molecule has 0 aliphatic carbocycles. The van der Waals surface area contributed by atoms with E-state index in [1.165, 1.54) is 16.9 Å². The Hall–Kier alpha value is -2.66. The molecule has 3 heterocycles. The van der Waals surface area contributed by atoms with E-state index in [2.05, 4.69) is 60.7 Å². The van der Waals surface area contributed by atoms with Crippen LogP contribution in [-0.2, 0) is 13.1 Å². The second-order valence-corrected chi connectivity index (χ2v) is 6.47. The zero-order valence-corrected chi connectivity index (χ0v) is 14.3. The molecule has 1 saturated heterocycles. The van der Waals surface area contributed by atoms with Gasteiger partial charge in [0.15, 0.2) is 0 Å². The van der Waals surface area contributed by atoms with E-state index in [4.69, 9.17) is 0 Å². The molecule has 2 aromatic heterocycles. The highest BCUT2D eigenvalue weighted by molar-refractivity contribution is 5.44. The lowest BCUT2D eigenvalue weighted by Gasteiger charge is -2.35. The van der Waals surface area contributed by atoms with Gasteiger partial charge in [-0.3, -0.25) is 9.88 Å². The molecule has 25 heavy (non-hydrogen) atoms. The average Bonchev–Trinajstić information content (AvgIpc) is 3.10. The maximum Gasteiger partial charge on any atom is 0.0951 e. The molecule has 5 nitrogen and oxygen atoms in total. The molecule has 4 rings (SSSR count). The number of imidazole rings is 1. The summed E-state index contributed by atoms with van der Waals surface area (Å²) in [6.45, 7) is 6.04. The third-order valence-corrected chi connectivity index (χ3v) is 4.76. The maximum absolute atomic E-state index is 4.36. The number of anilines is 1. The topological polar surface area (TPSA) is 37.2 Å². The fourth-order valence-electron chi connectivity index (χ4n) is 3.34. The van der Waals surface area contributed by atoms with Crippen LogP contribution in [0.15, 0.2) is 67.4 Å². The van der Waals surface area contributed by atoms with E-state index in [0.29, 0.717) is 0 Å². The molecule has 0 spiro atoms. The predicted octanol–water partition coefficient (Wildman–Crippen LogP) is 2.65. The van der Waals surface area contributed by atoms with Gasteiger partial charge >= 0.3 is 0 Å². The number of benzene rings is 1. The molecule has 0 unspecified atom stereocenters. The van der Waals surface area contributed by atoms with Crippen molar-refractivity contribution in [3.8, 4) is 0 Å². The van der Waals surface area contributed by atoms with Crippen molar-refractivity contribution >= 4 is 5.69 Å². The smallest absolute Gasteiger partial charge is 0.0951 e. The Morgan fingerprint density at radius 1 is 0.800 bits per heavy atom. The van der Waals surface area contributed by atoms with E-state index in [9.17, 15) is 0 Å². The first-order chi connectivity index (χ1) is 12.4. The van der Waals surface area contributed by atoms with Crippen molar-refractivity contribution < 1.29 is 0 Å². The van der Waals surface area contributed by atoms with Crippen LogP contribution in [0.25, 0.3) is 0 Å². The molecule has 0 bridgehead atoms. The van der Waals surface area contributed by atoms with Crippen LogP contribution in [0.5, 0.6) is 0 Å². The normalized spacial score (nSPS) is 15.4. The minimum absolute atomic E-state index is 0.881. The van der Waals surface area contributed by atoms with Crippen LogP contribution in [-0.4, -0.2) is 45.6 Å². The van der Waals surface area contributed by atoms with Crippen molar-refractivity contribution in [2.75, 3.05) is 31.1 Å². The monoisotopic (exact) mass is 333 g/mol. The van der Waals surface area contributed by atoms with Crippen LogP contribution in [0.4, 0.5) is 5.69 Å². The molecule has 0 amide bonds. The zero-order chi connectivity index (χ0) is 16.9. The highest BCUT2D eigenvalue weighted by atomic mass is 15.3. The summed E-state index contributed by atoms with van der Waals surface area (Å²) in [7, 11) is 0. The number of aromatic nitrogens is 3. The van der Waals surface area contributed by atoms with E-state index < -0.39 is 0 Å². The van der Waals surface area contributed by atoms with Crippen LogP contribution in [0.1, 0.15) is 11.3 Å². The standard InChI is InChI=1S/C20H23N5/c1-2-5-18(6-3-1)15-25-17-22-14-20(25)16-23-9-11-24(12-10-23)19-7-4-8-21-13-19/h1-8,13-14,17H,9-12,15-16H2. The number of hydrogen-bond donors (Lipinski definition) is 0. The molecule has 1 aliphatic heterocycles. The third-order valence-electron chi connectivity index (χ3n) is 4.76. The van der Waals surface area contributed by atoms with Crippen LogP contribution in [0.2, 0.25) is 0 Å². The summed E-state index contributed by atoms with van der Waals surface area (Å²) >= 11 is 0. The second-order valence-electron chi connectivity index (χ2n) is 6.47. The van der Waals surface area contributed by atoms with Crippen molar-refractivity contribution in [1.29, 1.82) is 0 Å². The number of rotatable bonds is 5. The Morgan fingerprint density at radius 3 is 2.40 bits per heavy atom. The number of piperazine rings is 1.